The van der Waals surface area contributed by atoms with E-state index in [1.54, 1.807) is 0 Å². The zero-order chi connectivity index (χ0) is 12.1. The second-order valence-corrected chi connectivity index (χ2v) is 5.63. The quantitative estimate of drug-likeness (QED) is 0.848. The van der Waals surface area contributed by atoms with E-state index in [-0.39, 0.29) is 0 Å². The van der Waals surface area contributed by atoms with Gasteiger partial charge in [-0.2, -0.15) is 0 Å². The molecule has 94 valence electrons. The van der Waals surface area contributed by atoms with Gasteiger partial charge in [0.2, 0.25) is 5.95 Å². The highest BCUT2D eigenvalue weighted by Crippen LogP contribution is 2.13. The maximum absolute atomic E-state index is 4.39. The molecule has 1 aromatic rings. The number of rotatable bonds is 4. The number of nitrogens with zero attached hydrogens (tertiary/aromatic N) is 3. The van der Waals surface area contributed by atoms with Gasteiger partial charge in [0.1, 0.15) is 0 Å². The Balaban J connectivity index is 1.97. The Hall–Kier alpha value is -0.430. The highest BCUT2D eigenvalue weighted by molar-refractivity contribution is 14.1. The molecule has 1 saturated heterocycles. The van der Waals surface area contributed by atoms with Gasteiger partial charge in [0.25, 0.3) is 0 Å². The maximum atomic E-state index is 4.39. The zero-order valence-electron chi connectivity index (χ0n) is 10.2. The van der Waals surface area contributed by atoms with Crippen molar-refractivity contribution in [2.45, 2.75) is 32.2 Å². The summed E-state index contributed by atoms with van der Waals surface area (Å²) in [6.45, 7) is 5.27. The lowest BCUT2D eigenvalue weighted by atomic mass is 10.0. The van der Waals surface area contributed by atoms with E-state index in [0.717, 1.165) is 29.2 Å². The lowest BCUT2D eigenvalue weighted by Gasteiger charge is -2.29. The first-order chi connectivity index (χ1) is 8.29. The summed E-state index contributed by atoms with van der Waals surface area (Å²) in [6, 6.07) is 0.589. The van der Waals surface area contributed by atoms with E-state index >= 15 is 0 Å². The fourth-order valence-electron chi connectivity index (χ4n) is 2.17. The van der Waals surface area contributed by atoms with Crippen molar-refractivity contribution in [3.63, 3.8) is 0 Å². The number of halogens is 1. The van der Waals surface area contributed by atoms with Crippen molar-refractivity contribution in [1.82, 2.24) is 15.3 Å². The minimum Gasteiger partial charge on any atom is -0.340 e. The number of likely N-dealkylation sites (N-methyl/N-ethyl adjacent to an activating group) is 1. The summed E-state index contributed by atoms with van der Waals surface area (Å²) in [5, 5.41) is 3.57. The fraction of sp³-hybridized carbons (Fsp3) is 0.667. The monoisotopic (exact) mass is 346 g/mol. The molecule has 1 aromatic heterocycles. The van der Waals surface area contributed by atoms with Crippen LogP contribution in [0.25, 0.3) is 0 Å². The molecule has 0 saturated carbocycles. The number of nitrogens with one attached hydrogen (secondary N) is 1. The largest absolute Gasteiger partial charge is 0.340 e. The second kappa shape index (κ2) is 6.49. The molecule has 0 amide bonds. The van der Waals surface area contributed by atoms with Gasteiger partial charge < -0.3 is 10.2 Å². The van der Waals surface area contributed by atoms with Gasteiger partial charge in [0, 0.05) is 35.1 Å². The van der Waals surface area contributed by atoms with Crippen LogP contribution >= 0.6 is 22.6 Å². The van der Waals surface area contributed by atoms with Crippen LogP contribution in [-0.2, 0) is 0 Å². The van der Waals surface area contributed by atoms with Gasteiger partial charge in [-0.15, -0.1) is 0 Å². The Morgan fingerprint density at radius 1 is 1.41 bits per heavy atom. The molecule has 0 bridgehead atoms. The van der Waals surface area contributed by atoms with Crippen LogP contribution in [0.2, 0.25) is 0 Å². The summed E-state index contributed by atoms with van der Waals surface area (Å²) >= 11 is 2.23. The molecule has 0 spiro atoms. The van der Waals surface area contributed by atoms with Gasteiger partial charge in [-0.05, 0) is 48.9 Å². The molecule has 2 heterocycles. The van der Waals surface area contributed by atoms with Gasteiger partial charge in [0.15, 0.2) is 0 Å². The first kappa shape index (κ1) is 13.0. The molecule has 17 heavy (non-hydrogen) atoms. The van der Waals surface area contributed by atoms with Gasteiger partial charge in [-0.25, -0.2) is 9.97 Å². The summed E-state index contributed by atoms with van der Waals surface area (Å²) < 4.78 is 1.08. The van der Waals surface area contributed by atoms with Gasteiger partial charge in [-0.1, -0.05) is 6.42 Å². The Kier molecular flexibility index (Phi) is 4.97. The molecule has 1 aliphatic heterocycles. The van der Waals surface area contributed by atoms with Crippen molar-refractivity contribution < 1.29 is 0 Å². The van der Waals surface area contributed by atoms with Crippen LogP contribution < -0.4 is 10.2 Å². The molecule has 4 nitrogen and oxygen atoms in total. The number of hydrogen-bond donors (Lipinski definition) is 1. The average Bonchev–Trinajstić information content (AvgIpc) is 2.38. The molecule has 1 fully saturated rings. The lowest BCUT2D eigenvalue weighted by molar-refractivity contribution is 0.399. The third kappa shape index (κ3) is 3.77. The molecule has 5 heteroatoms. The summed E-state index contributed by atoms with van der Waals surface area (Å²) in [7, 11) is 0. The summed E-state index contributed by atoms with van der Waals surface area (Å²) in [5.41, 5.74) is 0. The van der Waals surface area contributed by atoms with Crippen molar-refractivity contribution in [2.75, 3.05) is 24.5 Å². The first-order valence-corrected chi connectivity index (χ1v) is 7.33. The van der Waals surface area contributed by atoms with Crippen LogP contribution in [0.4, 0.5) is 5.95 Å². The summed E-state index contributed by atoms with van der Waals surface area (Å²) in [5.74, 6) is 0.847. The Bertz CT molecular complexity index is 335. The Morgan fingerprint density at radius 3 is 2.76 bits per heavy atom. The van der Waals surface area contributed by atoms with Gasteiger partial charge in [0.05, 0.1) is 0 Å². The molecule has 2 rings (SSSR count). The van der Waals surface area contributed by atoms with E-state index in [1.165, 1.54) is 19.3 Å². The normalized spacial score (nSPS) is 20.2. The first-order valence-electron chi connectivity index (χ1n) is 6.25. The third-order valence-corrected chi connectivity index (χ3v) is 3.68. The molecule has 1 atom stereocenters. The molecule has 0 aromatic carbocycles. The van der Waals surface area contributed by atoms with E-state index in [2.05, 4.69) is 49.7 Å². The molecule has 1 N–H and O–H groups in total. The predicted molar refractivity (Wildman–Crippen MR) is 78.3 cm³/mol. The molecule has 1 unspecified atom stereocenters. The smallest absolute Gasteiger partial charge is 0.225 e. The van der Waals surface area contributed by atoms with Crippen LogP contribution in [0.1, 0.15) is 26.2 Å². The minimum atomic E-state index is 0.589. The third-order valence-electron chi connectivity index (χ3n) is 3.12. The summed E-state index contributed by atoms with van der Waals surface area (Å²) in [6.07, 6.45) is 7.66. The van der Waals surface area contributed by atoms with Crippen LogP contribution in [-0.4, -0.2) is 35.6 Å². The number of hydrogen-bond acceptors (Lipinski definition) is 4. The van der Waals surface area contributed by atoms with Crippen molar-refractivity contribution in [1.29, 1.82) is 0 Å². The topological polar surface area (TPSA) is 41.0 Å². The van der Waals surface area contributed by atoms with Crippen molar-refractivity contribution in [3.05, 3.63) is 16.0 Å². The zero-order valence-corrected chi connectivity index (χ0v) is 12.4. The standard InChI is InChI=1S/C12H19IN4/c1-2-17(9-11-5-3-4-6-14-11)12-15-7-10(13)8-16-12/h7-8,11,14H,2-6,9H2,1H3. The van der Waals surface area contributed by atoms with Gasteiger partial charge in [-0.3, -0.25) is 0 Å². The van der Waals surface area contributed by atoms with E-state index in [9.17, 15) is 0 Å². The highest BCUT2D eigenvalue weighted by atomic mass is 127. The SMILES string of the molecule is CCN(CC1CCCCN1)c1ncc(I)cn1. The minimum absolute atomic E-state index is 0.589. The number of piperidine rings is 1. The average molecular weight is 346 g/mol. The molecule has 0 aliphatic carbocycles. The highest BCUT2D eigenvalue weighted by Gasteiger charge is 2.17. The Morgan fingerprint density at radius 2 is 2.18 bits per heavy atom. The number of aromatic nitrogens is 2. The maximum Gasteiger partial charge on any atom is 0.225 e. The van der Waals surface area contributed by atoms with Gasteiger partial charge >= 0.3 is 0 Å². The number of anilines is 1. The molecular weight excluding hydrogens is 327 g/mol. The van der Waals surface area contributed by atoms with E-state index < -0.39 is 0 Å². The van der Waals surface area contributed by atoms with Crippen molar-refractivity contribution in [2.24, 2.45) is 0 Å². The van der Waals surface area contributed by atoms with Crippen LogP contribution in [0, 0.1) is 3.57 Å². The second-order valence-electron chi connectivity index (χ2n) is 4.39. The van der Waals surface area contributed by atoms with E-state index in [1.807, 2.05) is 12.4 Å². The van der Waals surface area contributed by atoms with Crippen molar-refractivity contribution >= 4 is 28.5 Å². The lowest BCUT2D eigenvalue weighted by Crippen LogP contribution is -2.44. The fourth-order valence-corrected chi connectivity index (χ4v) is 2.45. The Labute approximate surface area is 116 Å². The van der Waals surface area contributed by atoms with Crippen molar-refractivity contribution in [3.8, 4) is 0 Å². The van der Waals surface area contributed by atoms with Crippen LogP contribution in [0.15, 0.2) is 12.4 Å². The predicted octanol–water partition coefficient (Wildman–Crippen LogP) is 2.05. The summed E-state index contributed by atoms with van der Waals surface area (Å²) in [4.78, 5) is 11.0. The molecule has 1 aliphatic rings. The molecular formula is C12H19IN4. The van der Waals surface area contributed by atoms with Crippen LogP contribution in [0.5, 0.6) is 0 Å². The van der Waals surface area contributed by atoms with Crippen LogP contribution in [0.3, 0.4) is 0 Å². The van der Waals surface area contributed by atoms with E-state index in [4.69, 9.17) is 0 Å². The van der Waals surface area contributed by atoms with E-state index in [0.29, 0.717) is 6.04 Å². The molecule has 0 radical (unpaired) electrons.